The number of likely N-dealkylation sites (tertiary alicyclic amines) is 1. The van der Waals surface area contributed by atoms with Crippen molar-refractivity contribution in [2.45, 2.75) is 49.2 Å². The quantitative estimate of drug-likeness (QED) is 0.319. The van der Waals surface area contributed by atoms with E-state index in [1.807, 2.05) is 6.07 Å². The summed E-state index contributed by atoms with van der Waals surface area (Å²) in [6.07, 6.45) is 5.88. The zero-order valence-electron chi connectivity index (χ0n) is 17.7. The molecule has 7 nitrogen and oxygen atoms in total. The number of aliphatic imine (C=N–C) groups is 1. The van der Waals surface area contributed by atoms with Crippen LogP contribution in [0.4, 0.5) is 0 Å². The monoisotopic (exact) mass is 551 g/mol. The third-order valence-electron chi connectivity index (χ3n) is 5.50. The zero-order chi connectivity index (χ0) is 20.5. The van der Waals surface area contributed by atoms with Gasteiger partial charge in [-0.2, -0.15) is 0 Å². The van der Waals surface area contributed by atoms with E-state index in [0.29, 0.717) is 18.0 Å². The molecule has 2 saturated heterocycles. The van der Waals surface area contributed by atoms with Crippen LogP contribution in [0.15, 0.2) is 40.2 Å². The molecule has 3 rings (SSSR count). The van der Waals surface area contributed by atoms with Crippen LogP contribution < -0.4 is 5.32 Å². The van der Waals surface area contributed by atoms with Crippen molar-refractivity contribution >= 4 is 39.8 Å². The summed E-state index contributed by atoms with van der Waals surface area (Å²) in [4.78, 5) is 6.86. The Bertz CT molecular complexity index is 747. The first kappa shape index (κ1) is 25.4. The summed E-state index contributed by atoms with van der Waals surface area (Å²) in [6.45, 7) is 3.57. The first-order valence-corrected chi connectivity index (χ1v) is 12.2. The molecule has 2 aliphatic rings. The van der Waals surface area contributed by atoms with E-state index in [9.17, 15) is 8.42 Å². The number of hydrogen-bond donors (Lipinski definition) is 1. The Hall–Kier alpha value is -0.910. The highest BCUT2D eigenvalue weighted by Gasteiger charge is 2.24. The molecule has 0 aromatic heterocycles. The van der Waals surface area contributed by atoms with Gasteiger partial charge >= 0.3 is 0 Å². The van der Waals surface area contributed by atoms with Crippen LogP contribution in [0.2, 0.25) is 0 Å². The normalized spacial score (nSPS) is 21.2. The van der Waals surface area contributed by atoms with Gasteiger partial charge in [-0.15, -0.1) is 24.0 Å². The third kappa shape index (κ3) is 7.65. The molecule has 30 heavy (non-hydrogen) atoms. The van der Waals surface area contributed by atoms with Crippen molar-refractivity contribution in [1.29, 1.82) is 0 Å². The standard InChI is InChI=1S/C21H33N3O4S.HI/c1-22-21(23-12-16-29(25,26)20-8-3-2-4-9-20)24-13-10-18(11-14-24)28-17-19-7-5-6-15-27-19;/h2-4,8-9,18-19H,5-7,10-17H2,1H3,(H,22,23);1H. The lowest BCUT2D eigenvalue weighted by Crippen LogP contribution is -2.48. The van der Waals surface area contributed by atoms with Crippen LogP contribution in [0.1, 0.15) is 32.1 Å². The fourth-order valence-electron chi connectivity index (χ4n) is 3.79. The molecule has 0 bridgehead atoms. The van der Waals surface area contributed by atoms with E-state index < -0.39 is 9.84 Å². The minimum absolute atomic E-state index is 0. The second-order valence-corrected chi connectivity index (χ2v) is 9.72. The zero-order valence-corrected chi connectivity index (χ0v) is 20.8. The van der Waals surface area contributed by atoms with E-state index in [0.717, 1.165) is 51.3 Å². The van der Waals surface area contributed by atoms with Crippen LogP contribution >= 0.6 is 24.0 Å². The lowest BCUT2D eigenvalue weighted by Gasteiger charge is -2.35. The summed E-state index contributed by atoms with van der Waals surface area (Å²) in [5, 5.41) is 3.20. The molecule has 0 radical (unpaired) electrons. The lowest BCUT2D eigenvalue weighted by atomic mass is 10.1. The summed E-state index contributed by atoms with van der Waals surface area (Å²) in [6, 6.07) is 8.56. The molecule has 0 saturated carbocycles. The molecule has 9 heteroatoms. The SMILES string of the molecule is CN=C(NCCS(=O)(=O)c1ccccc1)N1CCC(OCC2CCCCO2)CC1.I. The minimum atomic E-state index is -3.29. The van der Waals surface area contributed by atoms with Crippen LogP contribution in [0.5, 0.6) is 0 Å². The van der Waals surface area contributed by atoms with Gasteiger partial charge in [-0.25, -0.2) is 8.42 Å². The molecule has 2 heterocycles. The smallest absolute Gasteiger partial charge is 0.193 e. The summed E-state index contributed by atoms with van der Waals surface area (Å²) in [7, 11) is -1.56. The van der Waals surface area contributed by atoms with Crippen molar-refractivity contribution in [3.63, 3.8) is 0 Å². The predicted molar refractivity (Wildman–Crippen MR) is 129 cm³/mol. The fraction of sp³-hybridized carbons (Fsp3) is 0.667. The molecule has 170 valence electrons. The number of rotatable bonds is 7. The van der Waals surface area contributed by atoms with Crippen molar-refractivity contribution in [2.24, 2.45) is 4.99 Å². The molecule has 0 amide bonds. The van der Waals surface area contributed by atoms with Gasteiger partial charge in [0.05, 0.1) is 29.5 Å². The second-order valence-electron chi connectivity index (χ2n) is 7.61. The summed E-state index contributed by atoms with van der Waals surface area (Å²) in [5.41, 5.74) is 0. The van der Waals surface area contributed by atoms with E-state index >= 15 is 0 Å². The van der Waals surface area contributed by atoms with Gasteiger partial charge in [0.15, 0.2) is 15.8 Å². The first-order chi connectivity index (χ1) is 14.1. The molecule has 1 aromatic rings. The molecule has 2 aliphatic heterocycles. The summed E-state index contributed by atoms with van der Waals surface area (Å²) in [5.74, 6) is 0.791. The average molecular weight is 551 g/mol. The van der Waals surface area contributed by atoms with Gasteiger partial charge in [-0.3, -0.25) is 4.99 Å². The average Bonchev–Trinajstić information content (AvgIpc) is 2.77. The fourth-order valence-corrected chi connectivity index (χ4v) is 4.97. The van der Waals surface area contributed by atoms with E-state index in [1.54, 1.807) is 31.3 Å². The Morgan fingerprint density at radius 3 is 2.57 bits per heavy atom. The first-order valence-electron chi connectivity index (χ1n) is 10.5. The number of guanidine groups is 1. The van der Waals surface area contributed by atoms with Gasteiger partial charge < -0.3 is 19.7 Å². The summed E-state index contributed by atoms with van der Waals surface area (Å²) < 4.78 is 36.6. The van der Waals surface area contributed by atoms with Gasteiger partial charge in [0.2, 0.25) is 0 Å². The van der Waals surface area contributed by atoms with E-state index in [4.69, 9.17) is 9.47 Å². The molecule has 1 unspecified atom stereocenters. The van der Waals surface area contributed by atoms with Crippen molar-refractivity contribution in [3.8, 4) is 0 Å². The number of hydrogen-bond acceptors (Lipinski definition) is 5. The molecule has 0 spiro atoms. The van der Waals surface area contributed by atoms with Gasteiger partial charge in [-0.05, 0) is 44.2 Å². The van der Waals surface area contributed by atoms with Gasteiger partial charge in [0.25, 0.3) is 0 Å². The maximum Gasteiger partial charge on any atom is 0.193 e. The lowest BCUT2D eigenvalue weighted by molar-refractivity contribution is -0.0721. The highest BCUT2D eigenvalue weighted by atomic mass is 127. The topological polar surface area (TPSA) is 80.2 Å². The number of nitrogens with zero attached hydrogens (tertiary/aromatic N) is 2. The molecule has 1 aromatic carbocycles. The molecular weight excluding hydrogens is 517 g/mol. The van der Waals surface area contributed by atoms with Crippen LogP contribution in [-0.2, 0) is 19.3 Å². The Balaban J connectivity index is 0.00000320. The molecule has 1 N–H and O–H groups in total. The van der Waals surface area contributed by atoms with Crippen LogP contribution in [0, 0.1) is 0 Å². The van der Waals surface area contributed by atoms with Crippen molar-refractivity contribution < 1.29 is 17.9 Å². The maximum absolute atomic E-state index is 12.4. The van der Waals surface area contributed by atoms with E-state index in [-0.39, 0.29) is 41.9 Å². The Morgan fingerprint density at radius 2 is 1.93 bits per heavy atom. The van der Waals surface area contributed by atoms with E-state index in [2.05, 4.69) is 15.2 Å². The molecule has 0 aliphatic carbocycles. The Labute approximate surface area is 197 Å². The van der Waals surface area contributed by atoms with Gasteiger partial charge in [0.1, 0.15) is 0 Å². The molecular formula is C21H34IN3O4S. The van der Waals surface area contributed by atoms with Crippen molar-refractivity contribution in [1.82, 2.24) is 10.2 Å². The number of sulfone groups is 1. The Morgan fingerprint density at radius 1 is 1.20 bits per heavy atom. The summed E-state index contributed by atoms with van der Waals surface area (Å²) >= 11 is 0. The number of nitrogens with one attached hydrogen (secondary N) is 1. The van der Waals surface area contributed by atoms with Crippen molar-refractivity contribution in [3.05, 3.63) is 30.3 Å². The number of ether oxygens (including phenoxy) is 2. The predicted octanol–water partition coefficient (Wildman–Crippen LogP) is 2.70. The second kappa shape index (κ2) is 12.8. The highest BCUT2D eigenvalue weighted by Crippen LogP contribution is 2.18. The van der Waals surface area contributed by atoms with Crippen LogP contribution in [0.3, 0.4) is 0 Å². The largest absolute Gasteiger partial charge is 0.376 e. The Kier molecular flexibility index (Phi) is 10.8. The minimum Gasteiger partial charge on any atom is -0.376 e. The third-order valence-corrected chi connectivity index (χ3v) is 7.23. The number of benzene rings is 1. The van der Waals surface area contributed by atoms with E-state index in [1.165, 1.54) is 6.42 Å². The number of halogens is 1. The maximum atomic E-state index is 12.4. The molecule has 1 atom stereocenters. The van der Waals surface area contributed by atoms with Crippen LogP contribution in [0.25, 0.3) is 0 Å². The van der Waals surface area contributed by atoms with Crippen LogP contribution in [-0.4, -0.2) is 77.1 Å². The number of piperidine rings is 1. The highest BCUT2D eigenvalue weighted by molar-refractivity contribution is 14.0. The van der Waals surface area contributed by atoms with Crippen molar-refractivity contribution in [2.75, 3.05) is 45.6 Å². The van der Waals surface area contributed by atoms with Gasteiger partial charge in [0, 0.05) is 33.3 Å². The van der Waals surface area contributed by atoms with Gasteiger partial charge in [-0.1, -0.05) is 18.2 Å². The molecule has 2 fully saturated rings.